The normalized spacial score (nSPS) is 12.4. The van der Waals surface area contributed by atoms with Crippen molar-refractivity contribution in [3.8, 4) is 0 Å². The number of aliphatic hydroxyl groups is 1. The third-order valence-corrected chi connectivity index (χ3v) is 3.80. The Morgan fingerprint density at radius 2 is 2.06 bits per heavy atom. The number of aliphatic hydroxyl groups excluding tert-OH is 1. The summed E-state index contributed by atoms with van der Waals surface area (Å²) < 4.78 is 0.879. The highest BCUT2D eigenvalue weighted by atomic mass is 79.9. The van der Waals surface area contributed by atoms with Crippen LogP contribution in [0.4, 0.5) is 0 Å². The zero-order chi connectivity index (χ0) is 13.1. The lowest BCUT2D eigenvalue weighted by atomic mass is 10.0. The number of nitrogens with zero attached hydrogens (tertiary/aromatic N) is 1. The highest BCUT2D eigenvalue weighted by Gasteiger charge is 2.14. The number of rotatable bonds is 3. The van der Waals surface area contributed by atoms with Gasteiger partial charge in [-0.3, -0.25) is 4.98 Å². The van der Waals surface area contributed by atoms with Gasteiger partial charge in [-0.05, 0) is 33.6 Å². The molecule has 0 aliphatic carbocycles. The van der Waals surface area contributed by atoms with E-state index in [1.165, 1.54) is 0 Å². The van der Waals surface area contributed by atoms with Gasteiger partial charge in [0.05, 0.1) is 16.1 Å². The van der Waals surface area contributed by atoms with E-state index in [1.54, 1.807) is 30.6 Å². The smallest absolute Gasteiger partial charge is 0.0845 e. The van der Waals surface area contributed by atoms with E-state index in [0.717, 1.165) is 10.0 Å². The Kier molecular flexibility index (Phi) is 4.62. The van der Waals surface area contributed by atoms with Crippen LogP contribution in [0.1, 0.15) is 17.2 Å². The Morgan fingerprint density at radius 3 is 2.78 bits per heavy atom. The minimum atomic E-state index is -0.702. The predicted molar refractivity (Wildman–Crippen MR) is 77.1 cm³/mol. The molecule has 1 aromatic carbocycles. The van der Waals surface area contributed by atoms with E-state index < -0.39 is 6.10 Å². The van der Waals surface area contributed by atoms with Crippen LogP contribution < -0.4 is 0 Å². The van der Waals surface area contributed by atoms with Crippen molar-refractivity contribution in [2.24, 2.45) is 0 Å². The molecular formula is C13H10BrCl2NO. The van der Waals surface area contributed by atoms with Gasteiger partial charge < -0.3 is 5.11 Å². The van der Waals surface area contributed by atoms with Gasteiger partial charge in [-0.15, -0.1) is 0 Å². The Morgan fingerprint density at radius 1 is 1.28 bits per heavy atom. The first-order valence-corrected chi connectivity index (χ1v) is 6.84. The summed E-state index contributed by atoms with van der Waals surface area (Å²) in [6.45, 7) is 0. The second-order valence-corrected chi connectivity index (χ2v) is 5.58. The average Bonchev–Trinajstić information content (AvgIpc) is 2.32. The third kappa shape index (κ3) is 3.23. The van der Waals surface area contributed by atoms with Crippen molar-refractivity contribution < 1.29 is 5.11 Å². The molecule has 1 heterocycles. The number of benzene rings is 1. The van der Waals surface area contributed by atoms with Crippen molar-refractivity contribution >= 4 is 39.1 Å². The molecule has 0 bridgehead atoms. The van der Waals surface area contributed by atoms with Crippen LogP contribution in [-0.4, -0.2) is 10.1 Å². The number of pyridine rings is 1. The lowest BCUT2D eigenvalue weighted by Crippen LogP contribution is -2.03. The van der Waals surface area contributed by atoms with Gasteiger partial charge in [-0.25, -0.2) is 0 Å². The van der Waals surface area contributed by atoms with Gasteiger partial charge >= 0.3 is 0 Å². The van der Waals surface area contributed by atoms with Crippen LogP contribution in [0.15, 0.2) is 41.1 Å². The van der Waals surface area contributed by atoms with Gasteiger partial charge in [0.2, 0.25) is 0 Å². The lowest BCUT2D eigenvalue weighted by molar-refractivity contribution is 0.178. The molecule has 94 valence electrons. The van der Waals surface area contributed by atoms with Gasteiger partial charge in [0.25, 0.3) is 0 Å². The van der Waals surface area contributed by atoms with Gasteiger partial charge in [0.1, 0.15) is 0 Å². The molecular weight excluding hydrogens is 337 g/mol. The second-order valence-electron chi connectivity index (χ2n) is 3.87. The number of halogens is 3. The average molecular weight is 347 g/mol. The van der Waals surface area contributed by atoms with Gasteiger partial charge in [0.15, 0.2) is 0 Å². The van der Waals surface area contributed by atoms with Crippen molar-refractivity contribution in [3.05, 3.63) is 62.3 Å². The standard InChI is InChI=1S/C13H10BrCl2NO/c14-9-4-8(6-17-7-9)5-12(18)10-2-1-3-11(15)13(10)16/h1-4,6-7,12,18H,5H2. The van der Waals surface area contributed by atoms with E-state index in [9.17, 15) is 5.11 Å². The molecule has 18 heavy (non-hydrogen) atoms. The van der Waals surface area contributed by atoms with Crippen LogP contribution in [0, 0.1) is 0 Å². The van der Waals surface area contributed by atoms with Crippen molar-refractivity contribution in [2.45, 2.75) is 12.5 Å². The first kappa shape index (κ1) is 13.8. The second kappa shape index (κ2) is 6.02. The molecule has 1 atom stereocenters. The highest BCUT2D eigenvalue weighted by Crippen LogP contribution is 2.31. The Balaban J connectivity index is 2.22. The van der Waals surface area contributed by atoms with E-state index in [-0.39, 0.29) is 0 Å². The molecule has 1 unspecified atom stereocenters. The molecule has 5 heteroatoms. The fourth-order valence-electron chi connectivity index (χ4n) is 1.68. The van der Waals surface area contributed by atoms with Gasteiger partial charge in [-0.1, -0.05) is 35.3 Å². The van der Waals surface area contributed by atoms with E-state index in [0.29, 0.717) is 22.0 Å². The van der Waals surface area contributed by atoms with E-state index in [1.807, 2.05) is 6.07 Å². The maximum Gasteiger partial charge on any atom is 0.0845 e. The van der Waals surface area contributed by atoms with Crippen molar-refractivity contribution in [1.29, 1.82) is 0 Å². The van der Waals surface area contributed by atoms with Gasteiger partial charge in [0, 0.05) is 28.9 Å². The summed E-state index contributed by atoms with van der Waals surface area (Å²) >= 11 is 15.3. The Labute approximate surface area is 124 Å². The van der Waals surface area contributed by atoms with Crippen molar-refractivity contribution in [2.75, 3.05) is 0 Å². The maximum absolute atomic E-state index is 10.2. The molecule has 0 aliphatic rings. The topological polar surface area (TPSA) is 33.1 Å². The SMILES string of the molecule is OC(Cc1cncc(Br)c1)c1cccc(Cl)c1Cl. The molecule has 0 amide bonds. The molecule has 0 fully saturated rings. The molecule has 1 N–H and O–H groups in total. The quantitative estimate of drug-likeness (QED) is 0.891. The van der Waals surface area contributed by atoms with E-state index >= 15 is 0 Å². The van der Waals surface area contributed by atoms with Crippen LogP contribution >= 0.6 is 39.1 Å². The molecule has 2 rings (SSSR count). The molecule has 0 radical (unpaired) electrons. The summed E-state index contributed by atoms with van der Waals surface area (Å²) in [5.74, 6) is 0. The first-order chi connectivity index (χ1) is 8.58. The molecule has 2 nitrogen and oxygen atoms in total. The first-order valence-electron chi connectivity index (χ1n) is 5.29. The van der Waals surface area contributed by atoms with Crippen molar-refractivity contribution in [1.82, 2.24) is 4.98 Å². The largest absolute Gasteiger partial charge is 0.388 e. The Hall–Kier alpha value is -0.610. The lowest BCUT2D eigenvalue weighted by Gasteiger charge is -2.13. The third-order valence-electron chi connectivity index (χ3n) is 2.53. The predicted octanol–water partition coefficient (Wildman–Crippen LogP) is 4.43. The van der Waals surface area contributed by atoms with Crippen LogP contribution in [0.5, 0.6) is 0 Å². The highest BCUT2D eigenvalue weighted by molar-refractivity contribution is 9.10. The van der Waals surface area contributed by atoms with Crippen LogP contribution in [0.2, 0.25) is 10.0 Å². The van der Waals surface area contributed by atoms with E-state index in [2.05, 4.69) is 20.9 Å². The van der Waals surface area contributed by atoms with Crippen molar-refractivity contribution in [3.63, 3.8) is 0 Å². The number of hydrogen-bond acceptors (Lipinski definition) is 2. The zero-order valence-electron chi connectivity index (χ0n) is 9.28. The Bertz CT molecular complexity index is 562. The van der Waals surface area contributed by atoms with Gasteiger partial charge in [-0.2, -0.15) is 0 Å². The summed E-state index contributed by atoms with van der Waals surface area (Å²) in [5, 5.41) is 11.0. The minimum Gasteiger partial charge on any atom is -0.388 e. The monoisotopic (exact) mass is 345 g/mol. The maximum atomic E-state index is 10.2. The summed E-state index contributed by atoms with van der Waals surface area (Å²) in [7, 11) is 0. The summed E-state index contributed by atoms with van der Waals surface area (Å²) in [4.78, 5) is 4.05. The fraction of sp³-hybridized carbons (Fsp3) is 0.154. The zero-order valence-corrected chi connectivity index (χ0v) is 12.4. The molecule has 0 spiro atoms. The fourth-order valence-corrected chi connectivity index (χ4v) is 2.52. The minimum absolute atomic E-state index is 0.398. The molecule has 0 saturated carbocycles. The molecule has 1 aromatic heterocycles. The van der Waals surface area contributed by atoms with E-state index in [4.69, 9.17) is 23.2 Å². The summed E-state index contributed by atoms with van der Waals surface area (Å²) in [6.07, 6.45) is 3.15. The van der Waals surface area contributed by atoms with Crippen LogP contribution in [0.25, 0.3) is 0 Å². The molecule has 0 aliphatic heterocycles. The summed E-state index contributed by atoms with van der Waals surface area (Å²) in [6, 6.07) is 7.14. The molecule has 2 aromatic rings. The number of aromatic nitrogens is 1. The summed E-state index contributed by atoms with van der Waals surface area (Å²) in [5.41, 5.74) is 1.55. The van der Waals surface area contributed by atoms with Crippen LogP contribution in [0.3, 0.4) is 0 Å². The number of hydrogen-bond donors (Lipinski definition) is 1. The molecule has 0 saturated heterocycles. The van der Waals surface area contributed by atoms with Crippen LogP contribution in [-0.2, 0) is 6.42 Å².